The number of para-hydroxylation sites is 1. The van der Waals surface area contributed by atoms with Crippen molar-refractivity contribution in [3.8, 4) is 5.75 Å². The minimum atomic E-state index is -4.70. The maximum Gasteiger partial charge on any atom is 0.573 e. The van der Waals surface area contributed by atoms with Crippen molar-refractivity contribution >= 4 is 6.08 Å². The Morgan fingerprint density at radius 1 is 1.43 bits per heavy atom. The first kappa shape index (κ1) is 15.9. The van der Waals surface area contributed by atoms with Gasteiger partial charge in [0.25, 0.3) is 0 Å². The molecule has 3 nitrogen and oxygen atoms in total. The molecular weight excluding hydrogens is 283 g/mol. The van der Waals surface area contributed by atoms with E-state index in [2.05, 4.69) is 10.1 Å². The van der Waals surface area contributed by atoms with Crippen LogP contribution in [0.15, 0.2) is 29.8 Å². The fourth-order valence-corrected chi connectivity index (χ4v) is 2.24. The fourth-order valence-electron chi connectivity index (χ4n) is 2.24. The van der Waals surface area contributed by atoms with Crippen LogP contribution in [0, 0.1) is 0 Å². The fraction of sp³-hybridized carbons (Fsp3) is 0.467. The minimum absolute atomic E-state index is 0.109. The highest BCUT2D eigenvalue weighted by molar-refractivity contribution is 5.60. The van der Waals surface area contributed by atoms with Crippen LogP contribution < -0.4 is 10.1 Å². The van der Waals surface area contributed by atoms with Gasteiger partial charge in [-0.2, -0.15) is 0 Å². The van der Waals surface area contributed by atoms with Crippen LogP contribution in [0.3, 0.4) is 0 Å². The average molecular weight is 301 g/mol. The maximum atomic E-state index is 12.4. The molecule has 0 bridgehead atoms. The highest BCUT2D eigenvalue weighted by atomic mass is 19.4. The van der Waals surface area contributed by atoms with Gasteiger partial charge in [-0.25, -0.2) is 0 Å². The summed E-state index contributed by atoms with van der Waals surface area (Å²) in [6, 6.07) is 6.12. The molecule has 1 aliphatic heterocycles. The summed E-state index contributed by atoms with van der Waals surface area (Å²) in [5.74, 6) is -0.195. The quantitative estimate of drug-likeness (QED) is 0.925. The van der Waals surface area contributed by atoms with Crippen molar-refractivity contribution in [1.29, 1.82) is 0 Å². The second kappa shape index (κ2) is 6.95. The van der Waals surface area contributed by atoms with Crippen molar-refractivity contribution in [3.63, 3.8) is 0 Å². The average Bonchev–Trinajstić information content (AvgIpc) is 2.45. The molecule has 1 unspecified atom stereocenters. The van der Waals surface area contributed by atoms with Gasteiger partial charge in [-0.05, 0) is 24.1 Å². The van der Waals surface area contributed by atoms with E-state index in [4.69, 9.17) is 4.74 Å². The van der Waals surface area contributed by atoms with Crippen molar-refractivity contribution in [1.82, 2.24) is 5.32 Å². The molecular formula is C15H18F3NO2. The smallest absolute Gasteiger partial charge is 0.405 e. The lowest BCUT2D eigenvalue weighted by atomic mass is 10.0. The van der Waals surface area contributed by atoms with E-state index >= 15 is 0 Å². The summed E-state index contributed by atoms with van der Waals surface area (Å²) in [7, 11) is 0. The van der Waals surface area contributed by atoms with Crippen molar-refractivity contribution in [2.75, 3.05) is 19.7 Å². The number of ether oxygens (including phenoxy) is 2. The summed E-state index contributed by atoms with van der Waals surface area (Å²) in [5.41, 5.74) is 1.35. The number of halogens is 3. The Labute approximate surface area is 121 Å². The van der Waals surface area contributed by atoms with E-state index < -0.39 is 6.36 Å². The summed E-state index contributed by atoms with van der Waals surface area (Å²) in [6.45, 7) is 4.02. The van der Waals surface area contributed by atoms with Crippen LogP contribution in [0.1, 0.15) is 18.9 Å². The molecule has 1 aliphatic rings. The Morgan fingerprint density at radius 3 is 2.81 bits per heavy atom. The Hall–Kier alpha value is -1.53. The number of hydrogen-bond acceptors (Lipinski definition) is 3. The van der Waals surface area contributed by atoms with Crippen LogP contribution in [0.5, 0.6) is 5.75 Å². The molecule has 116 valence electrons. The summed E-state index contributed by atoms with van der Waals surface area (Å²) >= 11 is 0. The lowest BCUT2D eigenvalue weighted by Crippen LogP contribution is -2.39. The maximum absolute atomic E-state index is 12.4. The van der Waals surface area contributed by atoms with E-state index in [0.717, 1.165) is 12.1 Å². The van der Waals surface area contributed by atoms with Crippen LogP contribution in [0.25, 0.3) is 6.08 Å². The number of rotatable bonds is 4. The van der Waals surface area contributed by atoms with Crippen LogP contribution in [-0.4, -0.2) is 32.2 Å². The Morgan fingerprint density at radius 2 is 2.19 bits per heavy atom. The molecule has 1 fully saturated rings. The summed E-state index contributed by atoms with van der Waals surface area (Å²) in [5, 5.41) is 3.21. The molecule has 1 atom stereocenters. The van der Waals surface area contributed by atoms with Crippen LogP contribution in [-0.2, 0) is 4.74 Å². The Kier molecular flexibility index (Phi) is 5.25. The lowest BCUT2D eigenvalue weighted by Gasteiger charge is -2.26. The van der Waals surface area contributed by atoms with Gasteiger partial charge in [-0.1, -0.05) is 25.1 Å². The third kappa shape index (κ3) is 4.75. The van der Waals surface area contributed by atoms with E-state index in [1.165, 1.54) is 12.1 Å². The number of benzene rings is 1. The molecule has 21 heavy (non-hydrogen) atoms. The van der Waals surface area contributed by atoms with Crippen LogP contribution >= 0.6 is 0 Å². The predicted octanol–water partition coefficient (Wildman–Crippen LogP) is 3.37. The highest BCUT2D eigenvalue weighted by Crippen LogP contribution is 2.29. The number of alkyl halides is 3. The van der Waals surface area contributed by atoms with Gasteiger partial charge in [-0.15, -0.1) is 13.2 Å². The molecule has 0 saturated carbocycles. The lowest BCUT2D eigenvalue weighted by molar-refractivity contribution is -0.274. The topological polar surface area (TPSA) is 30.5 Å². The van der Waals surface area contributed by atoms with Gasteiger partial charge in [0.2, 0.25) is 0 Å². The molecule has 1 heterocycles. The van der Waals surface area contributed by atoms with E-state index in [-0.39, 0.29) is 11.9 Å². The van der Waals surface area contributed by atoms with E-state index in [0.29, 0.717) is 25.1 Å². The van der Waals surface area contributed by atoms with Gasteiger partial charge in [0.15, 0.2) is 0 Å². The van der Waals surface area contributed by atoms with E-state index in [1.807, 2.05) is 6.92 Å². The first-order valence-electron chi connectivity index (χ1n) is 6.87. The monoisotopic (exact) mass is 301 g/mol. The van der Waals surface area contributed by atoms with Gasteiger partial charge in [0.1, 0.15) is 5.75 Å². The first-order valence-corrected chi connectivity index (χ1v) is 6.87. The zero-order valence-electron chi connectivity index (χ0n) is 11.7. The molecule has 0 aliphatic carbocycles. The molecule has 0 radical (unpaired) electrons. The van der Waals surface area contributed by atoms with Gasteiger partial charge < -0.3 is 14.8 Å². The third-order valence-electron chi connectivity index (χ3n) is 3.24. The van der Waals surface area contributed by atoms with Crippen molar-refractivity contribution in [3.05, 3.63) is 35.4 Å². The predicted molar refractivity (Wildman–Crippen MR) is 74.0 cm³/mol. The number of nitrogens with one attached hydrogen (secondary N) is 1. The SMILES string of the molecule is CC/C(=C\c1ccccc1OC(F)(F)F)C1CNCCO1. The molecule has 1 aromatic carbocycles. The van der Waals surface area contributed by atoms with Crippen molar-refractivity contribution in [2.24, 2.45) is 0 Å². The molecule has 6 heteroatoms. The second-order valence-corrected chi connectivity index (χ2v) is 4.72. The number of morpholine rings is 1. The normalized spacial score (nSPS) is 20.4. The van der Waals surface area contributed by atoms with Gasteiger partial charge >= 0.3 is 6.36 Å². The van der Waals surface area contributed by atoms with E-state index in [9.17, 15) is 13.2 Å². The standard InChI is InChI=1S/C15H18F3NO2/c1-2-11(14-10-19-7-8-20-14)9-12-5-3-4-6-13(12)21-15(16,17)18/h3-6,9,14,19H,2,7-8,10H2,1H3/b11-9+. The number of hydrogen-bond donors (Lipinski definition) is 1. The van der Waals surface area contributed by atoms with Crippen LogP contribution in [0.4, 0.5) is 13.2 Å². The zero-order chi connectivity index (χ0) is 15.3. The summed E-state index contributed by atoms with van der Waals surface area (Å²) < 4.78 is 47.0. The molecule has 1 N–H and O–H groups in total. The van der Waals surface area contributed by atoms with Crippen LogP contribution in [0.2, 0.25) is 0 Å². The molecule has 1 saturated heterocycles. The van der Waals surface area contributed by atoms with Gasteiger partial charge in [0.05, 0.1) is 12.7 Å². The molecule has 0 aromatic heterocycles. The molecule has 2 rings (SSSR count). The van der Waals surface area contributed by atoms with Crippen molar-refractivity contribution < 1.29 is 22.6 Å². The molecule has 0 spiro atoms. The highest BCUT2D eigenvalue weighted by Gasteiger charge is 2.31. The Bertz CT molecular complexity index is 494. The summed E-state index contributed by atoms with van der Waals surface area (Å²) in [4.78, 5) is 0. The third-order valence-corrected chi connectivity index (χ3v) is 3.24. The van der Waals surface area contributed by atoms with Gasteiger partial charge in [0, 0.05) is 18.7 Å². The Balaban J connectivity index is 2.25. The minimum Gasteiger partial charge on any atom is -0.405 e. The van der Waals surface area contributed by atoms with Crippen molar-refractivity contribution in [2.45, 2.75) is 25.8 Å². The largest absolute Gasteiger partial charge is 0.573 e. The van der Waals surface area contributed by atoms with E-state index in [1.54, 1.807) is 18.2 Å². The molecule has 0 amide bonds. The second-order valence-electron chi connectivity index (χ2n) is 4.72. The molecule has 1 aromatic rings. The van der Waals surface area contributed by atoms with Gasteiger partial charge in [-0.3, -0.25) is 0 Å². The summed E-state index contributed by atoms with van der Waals surface area (Å²) in [6.07, 6.45) is -2.38. The first-order chi connectivity index (χ1) is 9.99. The zero-order valence-corrected chi connectivity index (χ0v) is 11.7.